The maximum Gasteiger partial charge on any atom is 0.410 e. The molecule has 0 aromatic heterocycles. The molecule has 36 heavy (non-hydrogen) atoms. The van der Waals surface area contributed by atoms with Gasteiger partial charge in [-0.2, -0.15) is 0 Å². The van der Waals surface area contributed by atoms with Crippen LogP contribution in [0.4, 0.5) is 13.6 Å². The Balaban J connectivity index is 1.49. The molecule has 2 aromatic carbocycles. The largest absolute Gasteiger partial charge is 0.447 e. The molecule has 3 amide bonds. The minimum atomic E-state index is -0.926. The topological polar surface area (TPSA) is 70.2 Å². The van der Waals surface area contributed by atoms with Crippen molar-refractivity contribution in [3.8, 4) is 0 Å². The summed E-state index contributed by atoms with van der Waals surface area (Å²) in [6, 6.07) is 11.4. The summed E-state index contributed by atoms with van der Waals surface area (Å²) >= 11 is 0. The Morgan fingerprint density at radius 1 is 0.972 bits per heavy atom. The number of cyclic esters (lactones) is 1. The summed E-state index contributed by atoms with van der Waals surface area (Å²) in [7, 11) is 0. The monoisotopic (exact) mass is 499 g/mol. The van der Waals surface area contributed by atoms with Crippen molar-refractivity contribution < 1.29 is 27.9 Å². The minimum Gasteiger partial charge on any atom is -0.447 e. The number of carbonyl (C=O) groups excluding carboxylic acids is 3. The van der Waals surface area contributed by atoms with E-state index in [-0.39, 0.29) is 31.3 Å². The molecule has 1 atom stereocenters. The van der Waals surface area contributed by atoms with Gasteiger partial charge in [0.1, 0.15) is 18.2 Å². The van der Waals surface area contributed by atoms with Gasteiger partial charge in [0.2, 0.25) is 0 Å². The molecule has 4 rings (SSSR count). The predicted octanol–water partition coefficient (Wildman–Crippen LogP) is 4.11. The minimum absolute atomic E-state index is 0.105. The van der Waals surface area contributed by atoms with Crippen LogP contribution in [-0.2, 0) is 11.2 Å². The first-order chi connectivity index (χ1) is 17.3. The SMILES string of the molecule is CCN(CC)C(=O)c1c(F)ccc(F)c1C(=O)N1CCC(N2C(=O)OCC2Cc2ccccc2)CC1. The molecule has 192 valence electrons. The lowest BCUT2D eigenvalue weighted by atomic mass is 9.97. The number of rotatable bonds is 7. The van der Waals surface area contributed by atoms with Gasteiger partial charge in [-0.1, -0.05) is 30.3 Å². The first-order valence-corrected chi connectivity index (χ1v) is 12.4. The average Bonchev–Trinajstić information content (AvgIpc) is 3.25. The summed E-state index contributed by atoms with van der Waals surface area (Å²) in [6.45, 7) is 4.89. The normalized spacial score (nSPS) is 18.3. The molecule has 1 unspecified atom stereocenters. The van der Waals surface area contributed by atoms with Gasteiger partial charge in [0, 0.05) is 32.2 Å². The first-order valence-electron chi connectivity index (χ1n) is 12.4. The molecule has 2 aliphatic rings. The Bertz CT molecular complexity index is 1120. The van der Waals surface area contributed by atoms with E-state index in [0.29, 0.717) is 39.0 Å². The van der Waals surface area contributed by atoms with Crippen molar-refractivity contribution in [1.82, 2.24) is 14.7 Å². The third-order valence-corrected chi connectivity index (χ3v) is 7.04. The van der Waals surface area contributed by atoms with E-state index in [0.717, 1.165) is 17.7 Å². The van der Waals surface area contributed by atoms with Crippen molar-refractivity contribution >= 4 is 17.9 Å². The highest BCUT2D eigenvalue weighted by atomic mass is 19.1. The Kier molecular flexibility index (Phi) is 7.86. The summed E-state index contributed by atoms with van der Waals surface area (Å²) in [6.07, 6.45) is 1.24. The average molecular weight is 500 g/mol. The predicted molar refractivity (Wildman–Crippen MR) is 130 cm³/mol. The lowest BCUT2D eigenvalue weighted by Gasteiger charge is -2.38. The molecule has 2 aromatic rings. The van der Waals surface area contributed by atoms with Crippen molar-refractivity contribution in [2.24, 2.45) is 0 Å². The summed E-state index contributed by atoms with van der Waals surface area (Å²) in [5.74, 6) is -3.27. The van der Waals surface area contributed by atoms with Crippen LogP contribution in [0.1, 0.15) is 53.0 Å². The number of nitrogens with zero attached hydrogens (tertiary/aromatic N) is 3. The van der Waals surface area contributed by atoms with E-state index < -0.39 is 34.6 Å². The number of hydrogen-bond donors (Lipinski definition) is 0. The van der Waals surface area contributed by atoms with E-state index in [4.69, 9.17) is 4.74 Å². The summed E-state index contributed by atoms with van der Waals surface area (Å²) in [5.41, 5.74) is 0.0372. The van der Waals surface area contributed by atoms with E-state index in [1.165, 1.54) is 9.80 Å². The van der Waals surface area contributed by atoms with Crippen LogP contribution < -0.4 is 0 Å². The Morgan fingerprint density at radius 3 is 2.19 bits per heavy atom. The Morgan fingerprint density at radius 2 is 1.58 bits per heavy atom. The Labute approximate surface area is 209 Å². The molecule has 0 saturated carbocycles. The second-order valence-corrected chi connectivity index (χ2v) is 9.11. The second kappa shape index (κ2) is 11.1. The molecule has 0 radical (unpaired) electrons. The molecule has 7 nitrogen and oxygen atoms in total. The van der Waals surface area contributed by atoms with Crippen LogP contribution in [0.2, 0.25) is 0 Å². The van der Waals surface area contributed by atoms with Crippen molar-refractivity contribution in [1.29, 1.82) is 0 Å². The number of likely N-dealkylation sites (tertiary alicyclic amines) is 1. The van der Waals surface area contributed by atoms with Crippen LogP contribution in [0.5, 0.6) is 0 Å². The number of halogens is 2. The van der Waals surface area contributed by atoms with E-state index in [1.54, 1.807) is 18.7 Å². The molecular formula is C27H31F2N3O4. The molecule has 0 spiro atoms. The number of carbonyl (C=O) groups is 3. The van der Waals surface area contributed by atoms with Crippen LogP contribution in [0, 0.1) is 11.6 Å². The fourth-order valence-electron chi connectivity index (χ4n) is 5.11. The van der Waals surface area contributed by atoms with Gasteiger partial charge < -0.3 is 14.5 Å². The van der Waals surface area contributed by atoms with E-state index in [9.17, 15) is 23.2 Å². The molecule has 2 aliphatic heterocycles. The number of benzene rings is 2. The highest BCUT2D eigenvalue weighted by Gasteiger charge is 2.40. The van der Waals surface area contributed by atoms with Gasteiger partial charge in [-0.05, 0) is 50.8 Å². The van der Waals surface area contributed by atoms with Crippen LogP contribution in [0.25, 0.3) is 0 Å². The highest BCUT2D eigenvalue weighted by Crippen LogP contribution is 2.28. The quantitative estimate of drug-likeness (QED) is 0.575. The second-order valence-electron chi connectivity index (χ2n) is 9.11. The Hall–Kier alpha value is -3.49. The zero-order chi connectivity index (χ0) is 25.8. The zero-order valence-electron chi connectivity index (χ0n) is 20.6. The van der Waals surface area contributed by atoms with Crippen molar-refractivity contribution in [3.05, 3.63) is 70.8 Å². The van der Waals surface area contributed by atoms with Gasteiger partial charge in [0.15, 0.2) is 0 Å². The highest BCUT2D eigenvalue weighted by molar-refractivity contribution is 6.07. The van der Waals surface area contributed by atoms with Gasteiger partial charge in [-0.15, -0.1) is 0 Å². The number of hydrogen-bond acceptors (Lipinski definition) is 4. The molecule has 2 fully saturated rings. The number of amides is 3. The maximum absolute atomic E-state index is 14.8. The number of ether oxygens (including phenoxy) is 1. The molecule has 0 aliphatic carbocycles. The molecule has 9 heteroatoms. The van der Waals surface area contributed by atoms with Crippen molar-refractivity contribution in [3.63, 3.8) is 0 Å². The smallest absolute Gasteiger partial charge is 0.410 e. The fraction of sp³-hybridized carbons (Fsp3) is 0.444. The van der Waals surface area contributed by atoms with Gasteiger partial charge in [0.05, 0.1) is 17.2 Å². The molecule has 2 saturated heterocycles. The van der Waals surface area contributed by atoms with Crippen LogP contribution in [0.15, 0.2) is 42.5 Å². The standard InChI is InChI=1S/C27H31F2N3O4/c1-3-30(4-2)25(33)23-21(28)10-11-22(29)24(23)26(34)31-14-12-19(13-15-31)32-20(17-36-27(32)35)16-18-8-6-5-7-9-18/h5-11,19-20H,3-4,12-17H2,1-2H3. The third kappa shape index (κ3) is 5.05. The fourth-order valence-corrected chi connectivity index (χ4v) is 5.11. The third-order valence-electron chi connectivity index (χ3n) is 7.04. The summed E-state index contributed by atoms with van der Waals surface area (Å²) in [5, 5.41) is 0. The number of piperidine rings is 1. The molecule has 2 heterocycles. The van der Waals surface area contributed by atoms with Crippen molar-refractivity contribution in [2.75, 3.05) is 32.8 Å². The molecule has 0 bridgehead atoms. The summed E-state index contributed by atoms with van der Waals surface area (Å²) < 4.78 is 34.9. The van der Waals surface area contributed by atoms with Gasteiger partial charge >= 0.3 is 6.09 Å². The summed E-state index contributed by atoms with van der Waals surface area (Å²) in [4.78, 5) is 43.3. The van der Waals surface area contributed by atoms with E-state index in [2.05, 4.69) is 0 Å². The molecule has 0 N–H and O–H groups in total. The van der Waals surface area contributed by atoms with Gasteiger partial charge in [-0.3, -0.25) is 14.5 Å². The van der Waals surface area contributed by atoms with Gasteiger partial charge in [-0.25, -0.2) is 13.6 Å². The van der Waals surface area contributed by atoms with Crippen LogP contribution >= 0.6 is 0 Å². The first kappa shape index (κ1) is 25.6. The van der Waals surface area contributed by atoms with Crippen molar-refractivity contribution in [2.45, 2.75) is 45.2 Å². The lowest BCUT2D eigenvalue weighted by molar-refractivity contribution is 0.0619. The van der Waals surface area contributed by atoms with Gasteiger partial charge in [0.25, 0.3) is 11.8 Å². The van der Waals surface area contributed by atoms with E-state index in [1.807, 2.05) is 30.3 Å². The maximum atomic E-state index is 14.8. The zero-order valence-corrected chi connectivity index (χ0v) is 20.6. The molecular weight excluding hydrogens is 468 g/mol. The van der Waals surface area contributed by atoms with E-state index >= 15 is 0 Å². The van der Waals surface area contributed by atoms with Crippen LogP contribution in [0.3, 0.4) is 0 Å². The van der Waals surface area contributed by atoms with Crippen LogP contribution in [-0.4, -0.2) is 77.5 Å². The lowest BCUT2D eigenvalue weighted by Crippen LogP contribution is -2.50.